The first-order valence-electron chi connectivity index (χ1n) is 29.8. The average Bonchev–Trinajstić information content (AvgIpc) is 3.41. The minimum absolute atomic E-state index is 0.0405. The van der Waals surface area contributed by atoms with E-state index in [1.54, 1.807) is 0 Å². The SMILES string of the molecule is NCCCC[C@@H](C=O)NC(=O)CC(CCCN)NC(=O)CC(CCCN)NC(=O)CC(CCCN)NC(=O)CC(CCCN)NC(=O)CC(CCCN)NC(=O)CC(CCCN)NC(=O)CC(CCCN)NC(=O)CC(N)CCCN. The van der Waals surface area contributed by atoms with Gasteiger partial charge in [-0.3, -0.25) is 38.4 Å². The lowest BCUT2D eigenvalue weighted by atomic mass is 10.0. The van der Waals surface area contributed by atoms with Crippen molar-refractivity contribution >= 4 is 53.5 Å². The zero-order valence-corrected chi connectivity index (χ0v) is 48.7. The molecule has 0 bridgehead atoms. The van der Waals surface area contributed by atoms with Gasteiger partial charge in [0.15, 0.2) is 0 Å². The summed E-state index contributed by atoms with van der Waals surface area (Å²) in [7, 11) is 0. The molecule has 0 saturated carbocycles. The van der Waals surface area contributed by atoms with Gasteiger partial charge < -0.3 is 105 Å². The van der Waals surface area contributed by atoms with E-state index in [1.165, 1.54) is 0 Å². The molecule has 27 heteroatoms. The Morgan fingerprint density at radius 3 is 0.667 bits per heavy atom. The van der Waals surface area contributed by atoms with Gasteiger partial charge in [-0.25, -0.2) is 0 Å². The van der Waals surface area contributed by atoms with Crippen molar-refractivity contribution in [2.75, 3.05) is 58.9 Å². The van der Waals surface area contributed by atoms with Crippen molar-refractivity contribution in [3.63, 3.8) is 0 Å². The lowest BCUT2D eigenvalue weighted by Gasteiger charge is -2.25. The molecular weight excluding hydrogens is 1040 g/mol. The highest BCUT2D eigenvalue weighted by atomic mass is 16.2. The van der Waals surface area contributed by atoms with Crippen LogP contribution in [0.3, 0.4) is 0 Å². The summed E-state index contributed by atoms with van der Waals surface area (Å²) in [5.74, 6) is -3.12. The van der Waals surface area contributed by atoms with Gasteiger partial charge in [-0.1, -0.05) is 0 Å². The molecule has 0 aromatic carbocycles. The van der Waals surface area contributed by atoms with E-state index >= 15 is 0 Å². The molecule has 0 rings (SSSR count). The number of rotatable bonds is 53. The molecule has 0 radical (unpaired) electrons. The second-order valence-electron chi connectivity index (χ2n) is 21.3. The van der Waals surface area contributed by atoms with Crippen LogP contribution in [-0.4, -0.2) is 167 Å². The van der Waals surface area contributed by atoms with Crippen LogP contribution in [0, 0.1) is 0 Å². The molecule has 27 nitrogen and oxygen atoms in total. The van der Waals surface area contributed by atoms with Crippen LogP contribution in [0.25, 0.3) is 0 Å². The molecule has 8 amide bonds. The number of nitrogens with two attached hydrogens (primary N) is 10. The predicted molar refractivity (Wildman–Crippen MR) is 316 cm³/mol. The van der Waals surface area contributed by atoms with Gasteiger partial charge in [0, 0.05) is 99.7 Å². The second kappa shape index (κ2) is 49.6. The smallest absolute Gasteiger partial charge is 0.222 e. The van der Waals surface area contributed by atoms with Crippen LogP contribution in [-0.2, 0) is 43.2 Å². The Labute approximate surface area is 481 Å². The Kier molecular flexibility index (Phi) is 46.6. The summed E-state index contributed by atoms with van der Waals surface area (Å²) in [5.41, 5.74) is 57.9. The normalized spacial score (nSPS) is 14.6. The van der Waals surface area contributed by atoms with Gasteiger partial charge in [-0.05, 0) is 181 Å². The number of hydrogen-bond donors (Lipinski definition) is 18. The van der Waals surface area contributed by atoms with Crippen LogP contribution in [0.2, 0.25) is 0 Å². The first-order valence-corrected chi connectivity index (χ1v) is 29.8. The average molecular weight is 1160 g/mol. The summed E-state index contributed by atoms with van der Waals surface area (Å²) in [6.45, 7) is 3.17. The van der Waals surface area contributed by atoms with Crippen LogP contribution < -0.4 is 99.9 Å². The first-order chi connectivity index (χ1) is 38.9. The number of carbonyl (C=O) groups is 9. The van der Waals surface area contributed by atoms with Crippen molar-refractivity contribution in [3.05, 3.63) is 0 Å². The molecule has 81 heavy (non-hydrogen) atoms. The molecule has 0 aromatic heterocycles. The van der Waals surface area contributed by atoms with Crippen molar-refractivity contribution in [1.29, 1.82) is 0 Å². The third kappa shape index (κ3) is 41.6. The van der Waals surface area contributed by atoms with Gasteiger partial charge in [-0.2, -0.15) is 0 Å². The van der Waals surface area contributed by atoms with E-state index in [-0.39, 0.29) is 69.2 Å². The number of nitrogens with one attached hydrogen (secondary N) is 8. The van der Waals surface area contributed by atoms with Gasteiger partial charge in [0.05, 0.1) is 6.04 Å². The van der Waals surface area contributed by atoms with Crippen LogP contribution in [0.5, 0.6) is 0 Å². The lowest BCUT2D eigenvalue weighted by Crippen LogP contribution is -2.47. The quantitative estimate of drug-likeness (QED) is 0.0208. The van der Waals surface area contributed by atoms with E-state index in [1.807, 2.05) is 0 Å². The van der Waals surface area contributed by atoms with E-state index in [4.69, 9.17) is 57.3 Å². The maximum Gasteiger partial charge on any atom is 0.222 e. The van der Waals surface area contributed by atoms with Gasteiger partial charge >= 0.3 is 0 Å². The zero-order chi connectivity index (χ0) is 60.6. The topological polar surface area (TPSA) is 510 Å². The lowest BCUT2D eigenvalue weighted by molar-refractivity contribution is -0.127. The number of aldehydes is 1. The number of carbonyl (C=O) groups excluding carboxylic acids is 9. The fourth-order valence-corrected chi connectivity index (χ4v) is 9.37. The Balaban J connectivity index is 5.89. The van der Waals surface area contributed by atoms with Crippen molar-refractivity contribution in [2.45, 2.75) is 228 Å². The summed E-state index contributed by atoms with van der Waals surface area (Å²) >= 11 is 0. The van der Waals surface area contributed by atoms with E-state index in [2.05, 4.69) is 42.5 Å². The highest BCUT2D eigenvalue weighted by molar-refractivity contribution is 5.85. The number of hydrogen-bond acceptors (Lipinski definition) is 19. The summed E-state index contributed by atoms with van der Waals surface area (Å²) in [5, 5.41) is 23.2. The van der Waals surface area contributed by atoms with Crippen molar-refractivity contribution < 1.29 is 43.2 Å². The molecule has 0 aliphatic rings. The van der Waals surface area contributed by atoms with Crippen LogP contribution in [0.4, 0.5) is 0 Å². The molecule has 0 fully saturated rings. The molecule has 28 N–H and O–H groups in total. The molecule has 9 atom stereocenters. The Hall–Kier alpha value is -4.97. The minimum Gasteiger partial charge on any atom is -0.353 e. The molecule has 0 spiro atoms. The maximum atomic E-state index is 13.7. The largest absolute Gasteiger partial charge is 0.353 e. The minimum atomic E-state index is -0.671. The standard InChI is InChI=1S/C54H110N18O9/c55-20-2-1-12-46(37-73)72-54(81)36-45(19-10-28-63)71-53(80)35-44(18-9-27-62)70-52(79)34-43(17-8-26-61)69-51(78)33-42(16-7-25-60)68-50(77)32-41(15-6-24-59)67-49(76)31-40(14-5-23-58)66-48(75)30-39(13-4-22-57)65-47(74)29-38(64)11-3-21-56/h37-46H,1-36,55-64H2,(H,65,74)(H,66,75)(H,67,76)(H,68,77)(H,69,78)(H,70,79)(H,71,80)(H,72,81)/t38?,39?,40?,41?,42?,43?,44?,45?,46-/m0/s1. The molecule has 0 heterocycles. The summed E-state index contributed by atoms with van der Waals surface area (Å²) in [6.07, 6.45) is 9.53. The fraction of sp³-hybridized carbons (Fsp3) is 0.833. The van der Waals surface area contributed by atoms with E-state index in [0.29, 0.717) is 187 Å². The monoisotopic (exact) mass is 1150 g/mol. The Morgan fingerprint density at radius 2 is 0.457 bits per heavy atom. The van der Waals surface area contributed by atoms with Crippen LogP contribution in [0.15, 0.2) is 0 Å². The summed E-state index contributed by atoms with van der Waals surface area (Å²) < 4.78 is 0. The zero-order valence-electron chi connectivity index (χ0n) is 48.7. The van der Waals surface area contributed by atoms with Crippen LogP contribution in [0.1, 0.15) is 173 Å². The number of amides is 8. The highest BCUT2D eigenvalue weighted by Gasteiger charge is 2.27. The van der Waals surface area contributed by atoms with Gasteiger partial charge in [0.25, 0.3) is 0 Å². The van der Waals surface area contributed by atoms with Gasteiger partial charge in [0.1, 0.15) is 6.29 Å². The molecule has 0 saturated heterocycles. The van der Waals surface area contributed by atoms with Gasteiger partial charge in [-0.15, -0.1) is 0 Å². The van der Waals surface area contributed by atoms with Crippen LogP contribution >= 0.6 is 0 Å². The Morgan fingerprint density at radius 1 is 0.259 bits per heavy atom. The molecule has 0 aliphatic carbocycles. The predicted octanol–water partition coefficient (Wildman–Crippen LogP) is -3.45. The molecule has 0 aliphatic heterocycles. The van der Waals surface area contributed by atoms with Crippen molar-refractivity contribution in [3.8, 4) is 0 Å². The van der Waals surface area contributed by atoms with Crippen molar-refractivity contribution in [2.24, 2.45) is 57.3 Å². The highest BCUT2D eigenvalue weighted by Crippen LogP contribution is 2.13. The molecular formula is C54H110N18O9. The van der Waals surface area contributed by atoms with Gasteiger partial charge in [0.2, 0.25) is 47.3 Å². The van der Waals surface area contributed by atoms with E-state index in [0.717, 1.165) is 0 Å². The number of unbranched alkanes of at least 4 members (excludes halogenated alkanes) is 1. The summed E-state index contributed by atoms with van der Waals surface area (Å²) in [6, 6.07) is -5.25. The summed E-state index contributed by atoms with van der Waals surface area (Å²) in [4.78, 5) is 119. The first kappa shape index (κ1) is 76.0. The Bertz CT molecular complexity index is 1760. The van der Waals surface area contributed by atoms with E-state index < -0.39 is 83.8 Å². The fourth-order valence-electron chi connectivity index (χ4n) is 9.37. The van der Waals surface area contributed by atoms with E-state index in [9.17, 15) is 43.2 Å². The third-order valence-corrected chi connectivity index (χ3v) is 13.6. The second-order valence-corrected chi connectivity index (χ2v) is 21.3. The molecule has 0 aromatic rings. The molecule has 8 unspecified atom stereocenters. The third-order valence-electron chi connectivity index (χ3n) is 13.6. The maximum absolute atomic E-state index is 13.7. The molecule has 470 valence electrons. The van der Waals surface area contributed by atoms with Crippen molar-refractivity contribution in [1.82, 2.24) is 42.5 Å².